The zero-order valence-electron chi connectivity index (χ0n) is 15.3. The summed E-state index contributed by atoms with van der Waals surface area (Å²) in [5.74, 6) is 0.891. The van der Waals surface area contributed by atoms with Crippen LogP contribution in [0.5, 0.6) is 5.75 Å². The van der Waals surface area contributed by atoms with Crippen LogP contribution in [-0.2, 0) is 11.4 Å². The van der Waals surface area contributed by atoms with Crippen LogP contribution >= 0.6 is 11.3 Å². The molecule has 2 aromatic rings. The minimum Gasteiger partial charge on any atom is -0.488 e. The van der Waals surface area contributed by atoms with Crippen LogP contribution in [0, 0.1) is 0 Å². The number of hydrogen-bond donors (Lipinski definition) is 1. The molecule has 6 heteroatoms. The molecule has 1 N–H and O–H groups in total. The molecule has 0 unspecified atom stereocenters. The van der Waals surface area contributed by atoms with Gasteiger partial charge in [-0.25, -0.2) is 0 Å². The highest BCUT2D eigenvalue weighted by Crippen LogP contribution is 2.42. The van der Waals surface area contributed by atoms with Crippen LogP contribution in [0.1, 0.15) is 47.3 Å². The van der Waals surface area contributed by atoms with Crippen LogP contribution in [0.2, 0.25) is 0 Å². The van der Waals surface area contributed by atoms with E-state index in [0.717, 1.165) is 47.7 Å². The van der Waals surface area contributed by atoms with Gasteiger partial charge >= 0.3 is 0 Å². The van der Waals surface area contributed by atoms with Crippen molar-refractivity contribution in [1.82, 2.24) is 10.2 Å². The van der Waals surface area contributed by atoms with Gasteiger partial charge in [0.1, 0.15) is 12.4 Å². The molecular formula is C21H24N2O3S. The largest absolute Gasteiger partial charge is 0.488 e. The summed E-state index contributed by atoms with van der Waals surface area (Å²) in [4.78, 5) is 28.6. The Hall–Kier alpha value is -2.34. The van der Waals surface area contributed by atoms with E-state index in [1.807, 2.05) is 35.2 Å². The zero-order chi connectivity index (χ0) is 18.6. The Morgan fingerprint density at radius 1 is 1.11 bits per heavy atom. The molecule has 0 aliphatic carbocycles. The Labute approximate surface area is 163 Å². The predicted octanol–water partition coefficient (Wildman–Crippen LogP) is 3.83. The fraction of sp³-hybridized carbons (Fsp3) is 0.429. The molecule has 27 heavy (non-hydrogen) atoms. The molecule has 0 radical (unpaired) electrons. The lowest BCUT2D eigenvalue weighted by Gasteiger charge is -2.20. The smallest absolute Gasteiger partial charge is 0.261 e. The molecule has 0 saturated carbocycles. The van der Waals surface area contributed by atoms with Crippen LogP contribution in [0.4, 0.5) is 0 Å². The van der Waals surface area contributed by atoms with E-state index >= 15 is 0 Å². The van der Waals surface area contributed by atoms with Crippen molar-refractivity contribution in [3.05, 3.63) is 40.8 Å². The highest BCUT2D eigenvalue weighted by molar-refractivity contribution is 7.17. The lowest BCUT2D eigenvalue weighted by molar-refractivity contribution is -0.131. The Kier molecular flexibility index (Phi) is 5.43. The standard InChI is InChI=1S/C21H24N2O3S/c24-19(23-11-5-1-2-6-12-23)9-10-22-21(25)18-13-15-14-26-17-8-4-3-7-16(17)20(15)27-18/h3-4,7-8,13H,1-2,5-6,9-12,14H2,(H,22,25). The first-order chi connectivity index (χ1) is 13.2. The number of benzene rings is 1. The SMILES string of the molecule is O=C(NCCC(=O)N1CCCCCC1)c1cc2c(s1)-c1ccccc1OC2. The molecule has 1 saturated heterocycles. The van der Waals surface area contributed by atoms with E-state index in [4.69, 9.17) is 4.74 Å². The van der Waals surface area contributed by atoms with Crippen LogP contribution < -0.4 is 10.1 Å². The van der Waals surface area contributed by atoms with Crippen molar-refractivity contribution in [2.45, 2.75) is 38.7 Å². The van der Waals surface area contributed by atoms with Gasteiger partial charge in [-0.3, -0.25) is 9.59 Å². The van der Waals surface area contributed by atoms with Gasteiger partial charge in [-0.2, -0.15) is 0 Å². The third kappa shape index (κ3) is 4.00. The first kappa shape index (κ1) is 18.0. The van der Waals surface area contributed by atoms with Crippen molar-refractivity contribution >= 4 is 23.2 Å². The van der Waals surface area contributed by atoms with Gasteiger partial charge in [0.05, 0.1) is 4.88 Å². The van der Waals surface area contributed by atoms with Gasteiger partial charge in [0.15, 0.2) is 0 Å². The third-order valence-electron chi connectivity index (χ3n) is 5.13. The first-order valence-electron chi connectivity index (χ1n) is 9.63. The molecule has 0 spiro atoms. The van der Waals surface area contributed by atoms with Gasteiger partial charge in [-0.05, 0) is 31.0 Å². The number of carbonyl (C=O) groups excluding carboxylic acids is 2. The van der Waals surface area contributed by atoms with Crippen LogP contribution in [-0.4, -0.2) is 36.3 Å². The topological polar surface area (TPSA) is 58.6 Å². The number of nitrogens with zero attached hydrogens (tertiary/aromatic N) is 1. The molecule has 2 aliphatic heterocycles. The van der Waals surface area contributed by atoms with Gasteiger partial charge < -0.3 is 15.0 Å². The molecule has 3 heterocycles. The van der Waals surface area contributed by atoms with E-state index in [1.165, 1.54) is 24.2 Å². The van der Waals surface area contributed by atoms with E-state index in [1.54, 1.807) is 0 Å². The molecule has 1 aromatic heterocycles. The van der Waals surface area contributed by atoms with Gasteiger partial charge in [-0.15, -0.1) is 11.3 Å². The predicted molar refractivity (Wildman–Crippen MR) is 106 cm³/mol. The van der Waals surface area contributed by atoms with Crippen molar-refractivity contribution in [2.75, 3.05) is 19.6 Å². The minimum atomic E-state index is -0.115. The van der Waals surface area contributed by atoms with E-state index in [0.29, 0.717) is 24.4 Å². The molecule has 5 nitrogen and oxygen atoms in total. The van der Waals surface area contributed by atoms with Crippen LogP contribution in [0.15, 0.2) is 30.3 Å². The number of fused-ring (bicyclic) bond motifs is 3. The number of hydrogen-bond acceptors (Lipinski definition) is 4. The highest BCUT2D eigenvalue weighted by atomic mass is 32.1. The third-order valence-corrected chi connectivity index (χ3v) is 6.34. The monoisotopic (exact) mass is 384 g/mol. The molecular weight excluding hydrogens is 360 g/mol. The van der Waals surface area contributed by atoms with E-state index in [9.17, 15) is 9.59 Å². The maximum atomic E-state index is 12.5. The van der Waals surface area contributed by atoms with E-state index in [-0.39, 0.29) is 11.8 Å². The Balaban J connectivity index is 1.35. The molecule has 0 atom stereocenters. The lowest BCUT2D eigenvalue weighted by Crippen LogP contribution is -2.35. The number of likely N-dealkylation sites (tertiary alicyclic amines) is 1. The molecule has 1 aromatic carbocycles. The minimum absolute atomic E-state index is 0.115. The Bertz CT molecular complexity index is 838. The summed E-state index contributed by atoms with van der Waals surface area (Å²) in [6, 6.07) is 9.80. The number of nitrogens with one attached hydrogen (secondary N) is 1. The molecule has 142 valence electrons. The second kappa shape index (κ2) is 8.13. The van der Waals surface area contributed by atoms with E-state index in [2.05, 4.69) is 5.32 Å². The fourth-order valence-corrected chi connectivity index (χ4v) is 4.77. The number of rotatable bonds is 4. The fourth-order valence-electron chi connectivity index (χ4n) is 3.66. The molecule has 0 bridgehead atoms. The quantitative estimate of drug-likeness (QED) is 0.872. The van der Waals surface area contributed by atoms with Crippen LogP contribution in [0.25, 0.3) is 10.4 Å². The normalized spacial score (nSPS) is 15.9. The molecule has 1 fully saturated rings. The average Bonchev–Trinajstić information content (AvgIpc) is 2.95. The summed E-state index contributed by atoms with van der Waals surface area (Å²) in [5.41, 5.74) is 2.09. The average molecular weight is 385 g/mol. The van der Waals surface area contributed by atoms with Gasteiger partial charge in [0.2, 0.25) is 5.91 Å². The molecule has 2 amide bonds. The Morgan fingerprint density at radius 3 is 2.70 bits per heavy atom. The van der Waals surface area contributed by atoms with Crippen molar-refractivity contribution < 1.29 is 14.3 Å². The van der Waals surface area contributed by atoms with Crippen LogP contribution in [0.3, 0.4) is 0 Å². The summed E-state index contributed by atoms with van der Waals surface area (Å²) in [7, 11) is 0. The zero-order valence-corrected chi connectivity index (χ0v) is 16.1. The summed E-state index contributed by atoms with van der Waals surface area (Å²) in [6.45, 7) is 2.57. The summed E-state index contributed by atoms with van der Waals surface area (Å²) in [6.07, 6.45) is 4.94. The van der Waals surface area contributed by atoms with Gasteiger partial charge in [-0.1, -0.05) is 25.0 Å². The lowest BCUT2D eigenvalue weighted by atomic mass is 10.1. The summed E-state index contributed by atoms with van der Waals surface area (Å²) in [5, 5.41) is 2.90. The first-order valence-corrected chi connectivity index (χ1v) is 10.4. The highest BCUT2D eigenvalue weighted by Gasteiger charge is 2.22. The number of ether oxygens (including phenoxy) is 1. The second-order valence-electron chi connectivity index (χ2n) is 7.05. The van der Waals surface area contributed by atoms with Crippen molar-refractivity contribution in [3.8, 4) is 16.2 Å². The van der Waals surface area contributed by atoms with Gasteiger partial charge in [0, 0.05) is 42.1 Å². The Morgan fingerprint density at radius 2 is 1.89 bits per heavy atom. The number of thiophene rings is 1. The van der Waals surface area contributed by atoms with Crippen molar-refractivity contribution in [2.24, 2.45) is 0 Å². The summed E-state index contributed by atoms with van der Waals surface area (Å²) < 4.78 is 5.76. The van der Waals surface area contributed by atoms with E-state index < -0.39 is 0 Å². The summed E-state index contributed by atoms with van der Waals surface area (Å²) >= 11 is 1.49. The molecule has 4 rings (SSSR count). The maximum Gasteiger partial charge on any atom is 0.261 e. The number of carbonyl (C=O) groups is 2. The molecule has 2 aliphatic rings. The second-order valence-corrected chi connectivity index (χ2v) is 8.10. The van der Waals surface area contributed by atoms with Gasteiger partial charge in [0.25, 0.3) is 5.91 Å². The van der Waals surface area contributed by atoms with Crippen molar-refractivity contribution in [1.29, 1.82) is 0 Å². The number of para-hydroxylation sites is 1. The number of amides is 2. The van der Waals surface area contributed by atoms with Crippen molar-refractivity contribution in [3.63, 3.8) is 0 Å². The maximum absolute atomic E-state index is 12.5.